The van der Waals surface area contributed by atoms with E-state index in [2.05, 4.69) is 9.99 Å². The Morgan fingerprint density at radius 1 is 1.15 bits per heavy atom. The van der Waals surface area contributed by atoms with Gasteiger partial charge in [0.05, 0.1) is 12.1 Å². The van der Waals surface area contributed by atoms with E-state index >= 15 is 0 Å². The van der Waals surface area contributed by atoms with Crippen LogP contribution in [0.2, 0.25) is 0 Å². The molecule has 1 aromatic rings. The number of benzene rings is 1. The van der Waals surface area contributed by atoms with Gasteiger partial charge in [0.1, 0.15) is 0 Å². The number of carbonyl (C=O) groups excluding carboxylic acids is 1. The molecule has 1 aromatic carbocycles. The molecular weight excluding hydrogens is 166 g/mol. The third-order valence-corrected chi connectivity index (χ3v) is 1.37. The van der Waals surface area contributed by atoms with Crippen molar-refractivity contribution in [2.75, 3.05) is 0 Å². The zero-order valence-electron chi connectivity index (χ0n) is 7.43. The van der Waals surface area contributed by atoms with Crippen LogP contribution in [0, 0.1) is 0 Å². The second-order valence-electron chi connectivity index (χ2n) is 2.62. The van der Waals surface area contributed by atoms with Gasteiger partial charge in [0.25, 0.3) is 0 Å². The average molecular weight is 177 g/mol. The van der Waals surface area contributed by atoms with E-state index in [0.717, 1.165) is 5.71 Å². The van der Waals surface area contributed by atoms with Gasteiger partial charge in [0.2, 0.25) is 0 Å². The average Bonchev–Trinajstić information content (AvgIpc) is 2.54. The molecule has 0 unspecified atom stereocenters. The van der Waals surface area contributed by atoms with Crippen molar-refractivity contribution >= 4 is 11.7 Å². The van der Waals surface area contributed by atoms with Gasteiger partial charge >= 0.3 is 5.97 Å². The Morgan fingerprint density at radius 3 is 1.77 bits per heavy atom. The van der Waals surface area contributed by atoms with Gasteiger partial charge in [-0.25, -0.2) is 4.79 Å². The molecule has 0 bridgehead atoms. The third-order valence-electron chi connectivity index (χ3n) is 1.37. The van der Waals surface area contributed by atoms with Crippen LogP contribution in [0.15, 0.2) is 41.6 Å². The standard InChI is InChI=1S/C6H6.C4H5NO2/c1-2-4-6-5-3-1;1-3-2-4(6)7-5-3/h1-6H;2H2,1H3. The topological polar surface area (TPSA) is 38.7 Å². The Kier molecular flexibility index (Phi) is 3.70. The van der Waals surface area contributed by atoms with Crippen molar-refractivity contribution in [3.63, 3.8) is 0 Å². The molecule has 13 heavy (non-hydrogen) atoms. The van der Waals surface area contributed by atoms with Crippen LogP contribution in [-0.2, 0) is 9.63 Å². The first-order chi connectivity index (χ1) is 6.29. The summed E-state index contributed by atoms with van der Waals surface area (Å²) in [4.78, 5) is 14.3. The normalized spacial score (nSPS) is 13.9. The summed E-state index contributed by atoms with van der Waals surface area (Å²) in [5.74, 6) is -0.252. The monoisotopic (exact) mass is 177 g/mol. The van der Waals surface area contributed by atoms with Crippen molar-refractivity contribution in [3.8, 4) is 0 Å². The lowest BCUT2D eigenvalue weighted by atomic mass is 10.3. The molecule has 0 spiro atoms. The lowest BCUT2D eigenvalue weighted by Gasteiger charge is -1.75. The van der Waals surface area contributed by atoms with E-state index in [4.69, 9.17) is 0 Å². The number of oxime groups is 1. The Morgan fingerprint density at radius 2 is 1.62 bits per heavy atom. The van der Waals surface area contributed by atoms with Crippen LogP contribution in [0.3, 0.4) is 0 Å². The van der Waals surface area contributed by atoms with Crippen molar-refractivity contribution < 1.29 is 9.63 Å². The zero-order chi connectivity index (χ0) is 9.52. The fourth-order valence-electron chi connectivity index (χ4n) is 0.787. The van der Waals surface area contributed by atoms with E-state index in [-0.39, 0.29) is 5.97 Å². The molecule has 0 saturated heterocycles. The van der Waals surface area contributed by atoms with Gasteiger partial charge in [0.15, 0.2) is 0 Å². The fourth-order valence-corrected chi connectivity index (χ4v) is 0.787. The van der Waals surface area contributed by atoms with Crippen LogP contribution in [0.5, 0.6) is 0 Å². The van der Waals surface area contributed by atoms with Crippen molar-refractivity contribution in [2.24, 2.45) is 5.16 Å². The Bertz CT molecular complexity index is 266. The quantitative estimate of drug-likeness (QED) is 0.568. The molecular formula is C10H11NO2. The lowest BCUT2D eigenvalue weighted by molar-refractivity contribution is -0.140. The summed E-state index contributed by atoms with van der Waals surface area (Å²) in [6.07, 6.45) is 0.361. The number of carbonyl (C=O) groups is 1. The maximum absolute atomic E-state index is 10.1. The molecule has 0 saturated carbocycles. The highest BCUT2D eigenvalue weighted by atomic mass is 16.7. The van der Waals surface area contributed by atoms with Gasteiger partial charge in [-0.2, -0.15) is 0 Å². The van der Waals surface area contributed by atoms with E-state index in [0.29, 0.717) is 6.42 Å². The molecule has 0 fully saturated rings. The van der Waals surface area contributed by atoms with Gasteiger partial charge in [-0.1, -0.05) is 41.6 Å². The molecule has 0 radical (unpaired) electrons. The van der Waals surface area contributed by atoms with Gasteiger partial charge in [-0.15, -0.1) is 0 Å². The molecule has 0 atom stereocenters. The first kappa shape index (κ1) is 9.45. The van der Waals surface area contributed by atoms with E-state index < -0.39 is 0 Å². The maximum Gasteiger partial charge on any atom is 0.340 e. The molecule has 1 aliphatic rings. The largest absolute Gasteiger partial charge is 0.340 e. The van der Waals surface area contributed by atoms with Crippen LogP contribution >= 0.6 is 0 Å². The lowest BCUT2D eigenvalue weighted by Crippen LogP contribution is -1.92. The molecule has 0 aromatic heterocycles. The molecule has 0 N–H and O–H groups in total. The molecule has 2 rings (SSSR count). The highest BCUT2D eigenvalue weighted by Crippen LogP contribution is 1.99. The SMILES string of the molecule is CC1=NOC(=O)C1.c1ccccc1. The molecule has 1 heterocycles. The zero-order valence-corrected chi connectivity index (χ0v) is 7.43. The molecule has 0 aliphatic carbocycles. The van der Waals surface area contributed by atoms with Gasteiger partial charge in [-0.3, -0.25) is 0 Å². The minimum Gasteiger partial charge on any atom is -0.318 e. The fraction of sp³-hybridized carbons (Fsp3) is 0.200. The van der Waals surface area contributed by atoms with Crippen molar-refractivity contribution in [2.45, 2.75) is 13.3 Å². The Labute approximate surface area is 77.0 Å². The highest BCUT2D eigenvalue weighted by Gasteiger charge is 2.11. The van der Waals surface area contributed by atoms with Crippen molar-refractivity contribution in [1.82, 2.24) is 0 Å². The summed E-state index contributed by atoms with van der Waals surface area (Å²) in [6, 6.07) is 12.0. The van der Waals surface area contributed by atoms with Crippen molar-refractivity contribution in [1.29, 1.82) is 0 Å². The van der Waals surface area contributed by atoms with Crippen LogP contribution in [0.4, 0.5) is 0 Å². The molecule has 1 aliphatic heterocycles. The van der Waals surface area contributed by atoms with E-state index in [1.807, 2.05) is 36.4 Å². The van der Waals surface area contributed by atoms with E-state index in [1.165, 1.54) is 0 Å². The Hall–Kier alpha value is -1.64. The predicted octanol–water partition coefficient (Wildman–Crippen LogP) is 2.00. The second-order valence-corrected chi connectivity index (χ2v) is 2.62. The Balaban J connectivity index is 0.000000132. The highest BCUT2D eigenvalue weighted by molar-refractivity contribution is 6.00. The predicted molar refractivity (Wildman–Crippen MR) is 50.3 cm³/mol. The summed E-state index contributed by atoms with van der Waals surface area (Å²) in [7, 11) is 0. The van der Waals surface area contributed by atoms with Crippen LogP contribution < -0.4 is 0 Å². The summed E-state index contributed by atoms with van der Waals surface area (Å²) < 4.78 is 0. The number of rotatable bonds is 0. The van der Waals surface area contributed by atoms with Crippen LogP contribution in [0.25, 0.3) is 0 Å². The minimum atomic E-state index is -0.252. The summed E-state index contributed by atoms with van der Waals surface area (Å²) in [5, 5.41) is 3.38. The number of hydrogen-bond donors (Lipinski definition) is 0. The van der Waals surface area contributed by atoms with Gasteiger partial charge < -0.3 is 4.84 Å². The second kappa shape index (κ2) is 5.09. The first-order valence-corrected chi connectivity index (χ1v) is 4.02. The number of nitrogens with zero attached hydrogens (tertiary/aromatic N) is 1. The number of hydrogen-bond acceptors (Lipinski definition) is 3. The smallest absolute Gasteiger partial charge is 0.318 e. The van der Waals surface area contributed by atoms with E-state index in [1.54, 1.807) is 6.92 Å². The summed E-state index contributed by atoms with van der Waals surface area (Å²) >= 11 is 0. The molecule has 3 nitrogen and oxygen atoms in total. The maximum atomic E-state index is 10.1. The van der Waals surface area contributed by atoms with E-state index in [9.17, 15) is 4.79 Å². The van der Waals surface area contributed by atoms with Crippen LogP contribution in [-0.4, -0.2) is 11.7 Å². The van der Waals surface area contributed by atoms with Gasteiger partial charge in [0, 0.05) is 0 Å². The summed E-state index contributed by atoms with van der Waals surface area (Å²) in [6.45, 7) is 1.75. The first-order valence-electron chi connectivity index (χ1n) is 4.02. The van der Waals surface area contributed by atoms with Gasteiger partial charge in [-0.05, 0) is 6.92 Å². The van der Waals surface area contributed by atoms with Crippen LogP contribution in [0.1, 0.15) is 13.3 Å². The minimum absolute atomic E-state index is 0.252. The molecule has 0 amide bonds. The molecule has 68 valence electrons. The third kappa shape index (κ3) is 4.06. The molecule has 3 heteroatoms. The van der Waals surface area contributed by atoms with Crippen molar-refractivity contribution in [3.05, 3.63) is 36.4 Å². The summed E-state index contributed by atoms with van der Waals surface area (Å²) in [5.41, 5.74) is 0.755.